The van der Waals surface area contributed by atoms with Gasteiger partial charge in [0, 0.05) is 39.2 Å². The molecule has 0 aromatic carbocycles. The van der Waals surface area contributed by atoms with E-state index in [1.165, 1.54) is 30.7 Å². The Hall–Kier alpha value is -3.69. The highest BCUT2D eigenvalue weighted by atomic mass is 16.6. The number of nitrogens with one attached hydrogen (secondary N) is 1. The van der Waals surface area contributed by atoms with Gasteiger partial charge in [-0.25, -0.2) is 4.79 Å². The standard InChI is InChI=1S/C38H54N4O8/c1-24(43)32(21-27-8-9-27)40(4)35(44)25(2)49-38(47)33(22-28-10-11-28)41(5)36(45)34(50-37(46)31(39-3)20-26-6-7-26)23-29-12-14-30(15-13-29)42-16-18-48-19-17-42/h12,14,25-28,31-34,39H,6-11,16-23H2,1-5H3/t25-,31+,32+,33+,34-/m1/s1. The summed E-state index contributed by atoms with van der Waals surface area (Å²) in [4.78, 5) is 72.0. The van der Waals surface area contributed by atoms with Crippen LogP contribution in [0, 0.1) is 17.8 Å². The average Bonchev–Trinajstić information content (AvgIpc) is 3.96. The number of esters is 2. The van der Waals surface area contributed by atoms with Crippen LogP contribution < -0.4 is 5.32 Å². The van der Waals surface area contributed by atoms with E-state index in [1.807, 2.05) is 12.2 Å². The number of ether oxygens (including phenoxy) is 3. The molecule has 0 radical (unpaired) electrons. The van der Waals surface area contributed by atoms with Crippen LogP contribution in [0.2, 0.25) is 0 Å². The van der Waals surface area contributed by atoms with Crippen LogP contribution in [0.3, 0.4) is 0 Å². The van der Waals surface area contributed by atoms with Crippen molar-refractivity contribution in [1.29, 1.82) is 0 Å². The van der Waals surface area contributed by atoms with Crippen LogP contribution in [0.5, 0.6) is 0 Å². The van der Waals surface area contributed by atoms with E-state index >= 15 is 0 Å². The maximum atomic E-state index is 14.3. The van der Waals surface area contributed by atoms with Crippen molar-refractivity contribution in [3.63, 3.8) is 0 Å². The van der Waals surface area contributed by atoms with Gasteiger partial charge in [-0.3, -0.25) is 19.2 Å². The highest BCUT2D eigenvalue weighted by Crippen LogP contribution is 2.37. The van der Waals surface area contributed by atoms with Gasteiger partial charge in [-0.15, -0.1) is 0 Å². The van der Waals surface area contributed by atoms with Crippen molar-refractivity contribution >= 4 is 29.5 Å². The molecule has 50 heavy (non-hydrogen) atoms. The molecule has 5 rings (SSSR count). The van der Waals surface area contributed by atoms with E-state index in [4.69, 9.17) is 14.2 Å². The lowest BCUT2D eigenvalue weighted by atomic mass is 10.0. The second kappa shape index (κ2) is 17.0. The van der Waals surface area contributed by atoms with Crippen LogP contribution in [-0.2, 0) is 38.2 Å². The maximum absolute atomic E-state index is 14.3. The van der Waals surface area contributed by atoms with Gasteiger partial charge in [0.15, 0.2) is 18.0 Å². The van der Waals surface area contributed by atoms with Gasteiger partial charge in [-0.1, -0.05) is 44.3 Å². The van der Waals surface area contributed by atoms with Gasteiger partial charge in [0.2, 0.25) is 0 Å². The van der Waals surface area contributed by atoms with Crippen molar-refractivity contribution < 1.29 is 38.2 Å². The minimum atomic E-state index is -1.22. The van der Waals surface area contributed by atoms with Gasteiger partial charge in [0.25, 0.3) is 11.8 Å². The molecule has 274 valence electrons. The monoisotopic (exact) mass is 694 g/mol. The van der Waals surface area contributed by atoms with Crippen molar-refractivity contribution in [3.05, 3.63) is 34.9 Å². The molecule has 0 unspecified atom stereocenters. The molecule has 1 heterocycles. The van der Waals surface area contributed by atoms with Gasteiger partial charge in [0.05, 0.1) is 25.0 Å². The first kappa shape index (κ1) is 37.6. The molecule has 3 saturated carbocycles. The SMILES string of the molecule is CN[C@@H](CC1CC1)C(=O)O[C@H](CC1=C=C=C(N2CCOCC2)C=C1)C(=O)N(C)[C@@H](CC1CC1)C(=O)O[C@H](C)C(=O)N(C)[C@@H](CC1CC1)C(C)=O. The van der Waals surface area contributed by atoms with E-state index in [9.17, 15) is 24.0 Å². The number of amides is 2. The quantitative estimate of drug-likeness (QED) is 0.159. The first-order valence-electron chi connectivity index (χ1n) is 18.3. The molecule has 1 N–H and O–H groups in total. The average molecular weight is 695 g/mol. The minimum Gasteiger partial charge on any atom is -0.451 e. The molecule has 12 heteroatoms. The molecule has 4 fully saturated rings. The second-order valence-corrected chi connectivity index (χ2v) is 14.7. The Balaban J connectivity index is 1.31. The zero-order valence-electron chi connectivity index (χ0n) is 30.3. The fourth-order valence-electron chi connectivity index (χ4n) is 6.61. The van der Waals surface area contributed by atoms with Crippen molar-refractivity contribution in [2.24, 2.45) is 17.8 Å². The van der Waals surface area contributed by atoms with Crippen molar-refractivity contribution in [2.45, 2.75) is 108 Å². The fourth-order valence-corrected chi connectivity index (χ4v) is 6.61. The Bertz CT molecular complexity index is 1430. The van der Waals surface area contributed by atoms with Crippen LogP contribution in [0.25, 0.3) is 0 Å². The number of rotatable bonds is 19. The maximum Gasteiger partial charge on any atom is 0.329 e. The smallest absolute Gasteiger partial charge is 0.329 e. The molecule has 5 aliphatic rings. The van der Waals surface area contributed by atoms with E-state index in [-0.39, 0.29) is 18.1 Å². The van der Waals surface area contributed by atoms with Gasteiger partial charge < -0.3 is 34.2 Å². The summed E-state index contributed by atoms with van der Waals surface area (Å²) in [6, 6.07) is -2.12. The summed E-state index contributed by atoms with van der Waals surface area (Å²) in [6.07, 6.45) is 9.10. The van der Waals surface area contributed by atoms with E-state index in [1.54, 1.807) is 14.1 Å². The van der Waals surface area contributed by atoms with Crippen molar-refractivity contribution in [2.75, 3.05) is 47.4 Å². The Labute approximate surface area is 295 Å². The summed E-state index contributed by atoms with van der Waals surface area (Å²) in [5.41, 5.74) is 7.84. The van der Waals surface area contributed by atoms with Crippen LogP contribution in [0.4, 0.5) is 0 Å². The largest absolute Gasteiger partial charge is 0.451 e. The van der Waals surface area contributed by atoms with E-state index < -0.39 is 54.1 Å². The number of allylic oxidation sites excluding steroid dienone is 2. The number of ketones is 1. The summed E-state index contributed by atoms with van der Waals surface area (Å²) in [5, 5.41) is 3.04. The van der Waals surface area contributed by atoms with Crippen LogP contribution in [-0.4, -0.2) is 122 Å². The van der Waals surface area contributed by atoms with Gasteiger partial charge in [-0.2, -0.15) is 0 Å². The highest BCUT2D eigenvalue weighted by Gasteiger charge is 2.41. The lowest BCUT2D eigenvalue weighted by Gasteiger charge is -2.32. The van der Waals surface area contributed by atoms with Crippen LogP contribution >= 0.6 is 0 Å². The minimum absolute atomic E-state index is 0.0486. The van der Waals surface area contributed by atoms with Crippen molar-refractivity contribution in [3.8, 4) is 0 Å². The van der Waals surface area contributed by atoms with E-state index in [2.05, 4.69) is 21.7 Å². The third-order valence-corrected chi connectivity index (χ3v) is 10.5. The first-order valence-corrected chi connectivity index (χ1v) is 18.3. The Morgan fingerprint density at radius 1 is 0.840 bits per heavy atom. The summed E-state index contributed by atoms with van der Waals surface area (Å²) in [6.45, 7) is 5.73. The normalized spacial score (nSPS) is 21.6. The first-order chi connectivity index (χ1) is 23.9. The number of carbonyl (C=O) groups excluding carboxylic acids is 5. The second-order valence-electron chi connectivity index (χ2n) is 14.7. The Morgan fingerprint density at radius 3 is 1.96 bits per heavy atom. The fraction of sp³-hybridized carbons (Fsp3) is 0.711. The number of Topliss-reactive ketones (excluding diaryl/α,β-unsaturated/α-hetero) is 1. The molecule has 12 nitrogen and oxygen atoms in total. The molecule has 1 aliphatic heterocycles. The molecule has 0 aromatic heterocycles. The van der Waals surface area contributed by atoms with Gasteiger partial charge in [-0.05, 0) is 75.8 Å². The number of hydrogen-bond acceptors (Lipinski definition) is 10. The summed E-state index contributed by atoms with van der Waals surface area (Å²) >= 11 is 0. The molecule has 1 saturated heterocycles. The zero-order chi connectivity index (χ0) is 35.9. The Kier molecular flexibility index (Phi) is 12.8. The molecular weight excluding hydrogens is 640 g/mol. The van der Waals surface area contributed by atoms with E-state index in [0.29, 0.717) is 49.9 Å². The number of hydrogen-bond donors (Lipinski definition) is 1. The third kappa shape index (κ3) is 10.4. The number of nitrogens with zero attached hydrogens (tertiary/aromatic N) is 3. The van der Waals surface area contributed by atoms with E-state index in [0.717, 1.165) is 57.3 Å². The predicted molar refractivity (Wildman–Crippen MR) is 184 cm³/mol. The van der Waals surface area contributed by atoms with Crippen molar-refractivity contribution in [1.82, 2.24) is 20.0 Å². The topological polar surface area (TPSA) is 135 Å². The number of carbonyl (C=O) groups is 5. The zero-order valence-corrected chi connectivity index (χ0v) is 30.3. The van der Waals surface area contributed by atoms with Gasteiger partial charge >= 0.3 is 11.9 Å². The lowest BCUT2D eigenvalue weighted by Crippen LogP contribution is -2.51. The van der Waals surface area contributed by atoms with Crippen LogP contribution in [0.1, 0.15) is 78.1 Å². The molecular formula is C38H54N4O8. The summed E-state index contributed by atoms with van der Waals surface area (Å²) < 4.78 is 17.1. The third-order valence-electron chi connectivity index (χ3n) is 10.5. The summed E-state index contributed by atoms with van der Waals surface area (Å²) in [5.74, 6) is -1.21. The molecule has 0 aromatic rings. The molecule has 0 spiro atoms. The molecule has 2 amide bonds. The molecule has 4 aliphatic carbocycles. The Morgan fingerprint density at radius 2 is 1.42 bits per heavy atom. The van der Waals surface area contributed by atoms with Crippen LogP contribution in [0.15, 0.2) is 34.9 Å². The molecule has 0 bridgehead atoms. The predicted octanol–water partition coefficient (Wildman–Crippen LogP) is 2.92. The lowest BCUT2D eigenvalue weighted by molar-refractivity contribution is -0.170. The molecule has 5 atom stereocenters. The number of likely N-dealkylation sites (N-methyl/N-ethyl adjacent to an activating group) is 3. The summed E-state index contributed by atoms with van der Waals surface area (Å²) in [7, 11) is 4.80. The number of morpholine rings is 1. The van der Waals surface area contributed by atoms with Gasteiger partial charge in [0.1, 0.15) is 12.1 Å². The highest BCUT2D eigenvalue weighted by molar-refractivity contribution is 5.92.